The van der Waals surface area contributed by atoms with Gasteiger partial charge in [-0.2, -0.15) is 0 Å². The summed E-state index contributed by atoms with van der Waals surface area (Å²) in [6.45, 7) is 0. The summed E-state index contributed by atoms with van der Waals surface area (Å²) in [6.07, 6.45) is 6.44. The monoisotopic (exact) mass is 196 g/mol. The van der Waals surface area contributed by atoms with Gasteiger partial charge in [-0.3, -0.25) is 0 Å². The Bertz CT molecular complexity index is 274. The molecule has 70 valence electrons. The number of aliphatic hydroxyl groups is 1. The van der Waals surface area contributed by atoms with Crippen LogP contribution in [0.25, 0.3) is 0 Å². The minimum Gasteiger partial charge on any atom is -0.389 e. The SMILES string of the molecule is OC1(CSc2ncccn2)CCC1. The molecule has 1 aliphatic rings. The minimum atomic E-state index is -0.441. The van der Waals surface area contributed by atoms with Crippen molar-refractivity contribution in [3.8, 4) is 0 Å². The fourth-order valence-electron chi connectivity index (χ4n) is 1.29. The van der Waals surface area contributed by atoms with Gasteiger partial charge in [0, 0.05) is 18.1 Å². The molecule has 1 fully saturated rings. The fraction of sp³-hybridized carbons (Fsp3) is 0.556. The average molecular weight is 196 g/mol. The zero-order chi connectivity index (χ0) is 9.15. The number of nitrogens with zero attached hydrogens (tertiary/aromatic N) is 2. The second-order valence-electron chi connectivity index (χ2n) is 3.40. The van der Waals surface area contributed by atoms with Crippen LogP contribution >= 0.6 is 11.8 Å². The standard InChI is InChI=1S/C9H12N2OS/c12-9(3-1-4-9)7-13-8-10-5-2-6-11-8/h2,5-6,12H,1,3-4,7H2. The third kappa shape index (κ3) is 2.19. The molecule has 0 aliphatic heterocycles. The zero-order valence-electron chi connectivity index (χ0n) is 7.31. The van der Waals surface area contributed by atoms with Crippen LogP contribution in [0.2, 0.25) is 0 Å². The van der Waals surface area contributed by atoms with Crippen LogP contribution in [0, 0.1) is 0 Å². The maximum absolute atomic E-state index is 9.79. The first-order chi connectivity index (χ1) is 6.29. The molecule has 1 aliphatic carbocycles. The predicted molar refractivity (Wildman–Crippen MR) is 51.6 cm³/mol. The lowest BCUT2D eigenvalue weighted by molar-refractivity contribution is -0.00993. The van der Waals surface area contributed by atoms with E-state index in [4.69, 9.17) is 0 Å². The van der Waals surface area contributed by atoms with Gasteiger partial charge in [0.2, 0.25) is 0 Å². The molecule has 0 unspecified atom stereocenters. The van der Waals surface area contributed by atoms with Crippen molar-refractivity contribution in [1.29, 1.82) is 0 Å². The van der Waals surface area contributed by atoms with Gasteiger partial charge in [0.25, 0.3) is 0 Å². The summed E-state index contributed by atoms with van der Waals surface area (Å²) in [5, 5.41) is 10.5. The lowest BCUT2D eigenvalue weighted by Gasteiger charge is -2.35. The highest BCUT2D eigenvalue weighted by Crippen LogP contribution is 2.35. The summed E-state index contributed by atoms with van der Waals surface area (Å²) in [5.41, 5.74) is -0.441. The van der Waals surface area contributed by atoms with Crippen LogP contribution in [0.5, 0.6) is 0 Å². The van der Waals surface area contributed by atoms with E-state index in [-0.39, 0.29) is 0 Å². The topological polar surface area (TPSA) is 46.0 Å². The Labute approximate surface area is 81.6 Å². The Morgan fingerprint density at radius 2 is 2.08 bits per heavy atom. The van der Waals surface area contributed by atoms with Gasteiger partial charge in [-0.15, -0.1) is 0 Å². The summed E-state index contributed by atoms with van der Waals surface area (Å²) in [5.74, 6) is 0.719. The molecule has 0 saturated heterocycles. The van der Waals surface area contributed by atoms with Crippen molar-refractivity contribution in [2.75, 3.05) is 5.75 Å². The van der Waals surface area contributed by atoms with Gasteiger partial charge in [0.1, 0.15) is 0 Å². The molecular formula is C9H12N2OS. The molecule has 0 bridgehead atoms. The molecule has 1 saturated carbocycles. The number of rotatable bonds is 3. The molecule has 0 atom stereocenters. The maximum Gasteiger partial charge on any atom is 0.187 e. The normalized spacial score (nSPS) is 19.5. The molecule has 0 spiro atoms. The van der Waals surface area contributed by atoms with E-state index in [0.29, 0.717) is 0 Å². The Morgan fingerprint density at radius 1 is 1.38 bits per heavy atom. The molecule has 1 aromatic rings. The van der Waals surface area contributed by atoms with E-state index in [1.54, 1.807) is 18.5 Å². The average Bonchev–Trinajstić information content (AvgIpc) is 2.13. The van der Waals surface area contributed by atoms with Crippen molar-refractivity contribution in [1.82, 2.24) is 9.97 Å². The molecule has 0 radical (unpaired) electrons. The largest absolute Gasteiger partial charge is 0.389 e. The minimum absolute atomic E-state index is 0.441. The van der Waals surface area contributed by atoms with Crippen LogP contribution in [-0.2, 0) is 0 Å². The summed E-state index contributed by atoms with van der Waals surface area (Å²) < 4.78 is 0. The second kappa shape index (κ2) is 3.64. The first-order valence-electron chi connectivity index (χ1n) is 4.41. The van der Waals surface area contributed by atoms with Crippen LogP contribution in [0.3, 0.4) is 0 Å². The van der Waals surface area contributed by atoms with Gasteiger partial charge in [-0.05, 0) is 25.3 Å². The van der Waals surface area contributed by atoms with E-state index in [0.717, 1.165) is 30.2 Å². The summed E-state index contributed by atoms with van der Waals surface area (Å²) in [6, 6.07) is 1.79. The highest BCUT2D eigenvalue weighted by molar-refractivity contribution is 7.99. The second-order valence-corrected chi connectivity index (χ2v) is 4.34. The number of hydrogen-bond acceptors (Lipinski definition) is 4. The molecule has 1 N–H and O–H groups in total. The van der Waals surface area contributed by atoms with Crippen LogP contribution in [0.15, 0.2) is 23.6 Å². The Kier molecular flexibility index (Phi) is 2.51. The molecule has 1 aromatic heterocycles. The third-order valence-corrected chi connectivity index (χ3v) is 3.45. The van der Waals surface area contributed by atoms with Crippen molar-refractivity contribution in [2.45, 2.75) is 30.0 Å². The van der Waals surface area contributed by atoms with Gasteiger partial charge in [0.05, 0.1) is 5.60 Å². The van der Waals surface area contributed by atoms with Gasteiger partial charge >= 0.3 is 0 Å². The molecule has 0 amide bonds. The van der Waals surface area contributed by atoms with E-state index in [1.165, 1.54) is 11.8 Å². The molecular weight excluding hydrogens is 184 g/mol. The van der Waals surface area contributed by atoms with Crippen LogP contribution in [-0.4, -0.2) is 26.4 Å². The smallest absolute Gasteiger partial charge is 0.187 e. The fourth-order valence-corrected chi connectivity index (χ4v) is 2.25. The van der Waals surface area contributed by atoms with E-state index in [9.17, 15) is 5.11 Å². The van der Waals surface area contributed by atoms with Crippen molar-refractivity contribution >= 4 is 11.8 Å². The molecule has 1 heterocycles. The molecule has 13 heavy (non-hydrogen) atoms. The quantitative estimate of drug-likeness (QED) is 0.587. The van der Waals surface area contributed by atoms with Crippen molar-refractivity contribution in [3.05, 3.63) is 18.5 Å². The van der Waals surface area contributed by atoms with E-state index < -0.39 is 5.60 Å². The van der Waals surface area contributed by atoms with Gasteiger partial charge in [0.15, 0.2) is 5.16 Å². The first kappa shape index (κ1) is 8.97. The number of thioether (sulfide) groups is 1. The third-order valence-electron chi connectivity index (χ3n) is 2.30. The molecule has 0 aromatic carbocycles. The zero-order valence-corrected chi connectivity index (χ0v) is 8.13. The van der Waals surface area contributed by atoms with Gasteiger partial charge in [-0.25, -0.2) is 9.97 Å². The van der Waals surface area contributed by atoms with Crippen LogP contribution < -0.4 is 0 Å². The molecule has 3 nitrogen and oxygen atoms in total. The summed E-state index contributed by atoms with van der Waals surface area (Å²) in [7, 11) is 0. The summed E-state index contributed by atoms with van der Waals surface area (Å²) >= 11 is 1.53. The van der Waals surface area contributed by atoms with Crippen LogP contribution in [0.1, 0.15) is 19.3 Å². The van der Waals surface area contributed by atoms with E-state index in [1.807, 2.05) is 0 Å². The van der Waals surface area contributed by atoms with Gasteiger partial charge < -0.3 is 5.11 Å². The number of aromatic nitrogens is 2. The van der Waals surface area contributed by atoms with Crippen molar-refractivity contribution < 1.29 is 5.11 Å². The van der Waals surface area contributed by atoms with Gasteiger partial charge in [-0.1, -0.05) is 11.8 Å². The maximum atomic E-state index is 9.79. The molecule has 2 rings (SSSR count). The predicted octanol–water partition coefficient (Wildman–Crippen LogP) is 1.48. The van der Waals surface area contributed by atoms with Crippen LogP contribution in [0.4, 0.5) is 0 Å². The lowest BCUT2D eigenvalue weighted by Crippen LogP contribution is -2.39. The number of hydrogen-bond donors (Lipinski definition) is 1. The van der Waals surface area contributed by atoms with E-state index in [2.05, 4.69) is 9.97 Å². The Balaban J connectivity index is 1.86. The Morgan fingerprint density at radius 3 is 2.62 bits per heavy atom. The Hall–Kier alpha value is -0.610. The van der Waals surface area contributed by atoms with E-state index >= 15 is 0 Å². The highest BCUT2D eigenvalue weighted by atomic mass is 32.2. The first-order valence-corrected chi connectivity index (χ1v) is 5.39. The summed E-state index contributed by atoms with van der Waals surface area (Å²) in [4.78, 5) is 8.16. The lowest BCUT2D eigenvalue weighted by atomic mass is 9.82. The molecule has 4 heteroatoms. The highest BCUT2D eigenvalue weighted by Gasteiger charge is 2.34. The van der Waals surface area contributed by atoms with Crippen molar-refractivity contribution in [2.24, 2.45) is 0 Å². The van der Waals surface area contributed by atoms with Crippen molar-refractivity contribution in [3.63, 3.8) is 0 Å².